The largest absolute Gasteiger partial charge is 0.447 e. The molecular weight excluding hydrogens is 568 g/mol. The number of hydrogen-bond acceptors (Lipinski definition) is 9. The highest BCUT2D eigenvalue weighted by molar-refractivity contribution is 5.77. The van der Waals surface area contributed by atoms with Gasteiger partial charge < -0.3 is 45.4 Å². The van der Waals surface area contributed by atoms with Gasteiger partial charge in [0.25, 0.3) is 0 Å². The minimum absolute atomic E-state index is 0.000691. The second kappa shape index (κ2) is 16.8. The Morgan fingerprint density at radius 3 is 2.34 bits per heavy atom. The van der Waals surface area contributed by atoms with Gasteiger partial charge in [0.15, 0.2) is 0 Å². The minimum Gasteiger partial charge on any atom is -0.447 e. The van der Waals surface area contributed by atoms with Crippen LogP contribution in [0.25, 0.3) is 0 Å². The molecule has 2 heterocycles. The van der Waals surface area contributed by atoms with Crippen LogP contribution in [0.3, 0.4) is 0 Å². The smallest absolute Gasteiger partial charge is 0.407 e. The molecule has 2 saturated heterocycles. The first-order valence-electron chi connectivity index (χ1n) is 16.3. The van der Waals surface area contributed by atoms with Crippen LogP contribution >= 0.6 is 0 Å². The number of nitrogens with one attached hydrogen (secondary N) is 3. The lowest BCUT2D eigenvalue weighted by Gasteiger charge is -2.42. The first-order chi connectivity index (χ1) is 21.0. The van der Waals surface area contributed by atoms with Crippen molar-refractivity contribution in [2.75, 3.05) is 40.0 Å². The zero-order valence-corrected chi connectivity index (χ0v) is 27.6. The third kappa shape index (κ3) is 10.3. The Morgan fingerprint density at radius 2 is 1.75 bits per heavy atom. The summed E-state index contributed by atoms with van der Waals surface area (Å²) in [6.45, 7) is 12.0. The lowest BCUT2D eigenvalue weighted by molar-refractivity contribution is -0.119. The van der Waals surface area contributed by atoms with Gasteiger partial charge in [0.1, 0.15) is 30.0 Å². The van der Waals surface area contributed by atoms with Crippen LogP contribution in [0.1, 0.15) is 86.0 Å². The average molecular weight is 625 g/mol. The zero-order valence-electron chi connectivity index (χ0n) is 27.6. The van der Waals surface area contributed by atoms with E-state index >= 15 is 0 Å². The number of ether oxygens (including phenoxy) is 5. The molecule has 44 heavy (non-hydrogen) atoms. The SMILES string of the molecule is COC1C(OC(=O)N[C@@H](COC(=O)NCCCCCCNC(=O)CN)C(C)C)CC[C@]2(CO2)C1[C@@]1(C)O[C@@H]1CCC=C(C)C. The van der Waals surface area contributed by atoms with Gasteiger partial charge >= 0.3 is 12.2 Å². The van der Waals surface area contributed by atoms with Gasteiger partial charge in [-0.2, -0.15) is 0 Å². The van der Waals surface area contributed by atoms with Crippen LogP contribution < -0.4 is 21.7 Å². The van der Waals surface area contributed by atoms with Crippen molar-refractivity contribution in [1.29, 1.82) is 0 Å². The molecular formula is C32H56N4O8. The van der Waals surface area contributed by atoms with Crippen LogP contribution in [-0.4, -0.2) is 93.6 Å². The van der Waals surface area contributed by atoms with Crippen molar-refractivity contribution in [1.82, 2.24) is 16.0 Å². The van der Waals surface area contributed by atoms with Crippen LogP contribution in [0.5, 0.6) is 0 Å². The summed E-state index contributed by atoms with van der Waals surface area (Å²) in [5.41, 5.74) is 5.87. The number of nitrogens with two attached hydrogens (primary N) is 1. The van der Waals surface area contributed by atoms with Gasteiger partial charge in [0.05, 0.1) is 31.2 Å². The van der Waals surface area contributed by atoms with Crippen LogP contribution in [0.4, 0.5) is 9.59 Å². The van der Waals surface area contributed by atoms with E-state index in [1.807, 2.05) is 13.8 Å². The van der Waals surface area contributed by atoms with Crippen LogP contribution in [0.2, 0.25) is 0 Å². The van der Waals surface area contributed by atoms with E-state index in [2.05, 4.69) is 42.8 Å². The normalized spacial score (nSPS) is 29.5. The summed E-state index contributed by atoms with van der Waals surface area (Å²) in [6, 6.07) is -0.417. The zero-order chi connectivity index (χ0) is 32.3. The summed E-state index contributed by atoms with van der Waals surface area (Å²) in [5.74, 6) is -0.193. The summed E-state index contributed by atoms with van der Waals surface area (Å²) in [6.07, 6.45) is 7.25. The van der Waals surface area contributed by atoms with Gasteiger partial charge in [0.2, 0.25) is 5.91 Å². The Balaban J connectivity index is 1.42. The number of amides is 3. The van der Waals surface area contributed by atoms with E-state index in [-0.39, 0.29) is 48.7 Å². The summed E-state index contributed by atoms with van der Waals surface area (Å²) in [5, 5.41) is 8.38. The van der Waals surface area contributed by atoms with Crippen molar-refractivity contribution in [3.8, 4) is 0 Å². The molecule has 3 rings (SSSR count). The van der Waals surface area contributed by atoms with E-state index in [1.54, 1.807) is 7.11 Å². The standard InChI is InChI=1S/C32H56N4O8/c1-21(2)12-11-13-25-31(5,44-25)28-27(40-6)24(14-15-32(28)20-42-32)43-30(39)36-23(22(3)4)19-41-29(38)35-17-10-8-7-9-16-34-26(37)18-33/h12,22-25,27-28H,7-11,13-20,33H2,1-6H3,(H,34,37)(H,35,38)(H,36,39)/t23-,24?,25+,27?,28?,31-,32-/m0/s1. The molecule has 3 aliphatic rings. The van der Waals surface area contributed by atoms with E-state index in [4.69, 9.17) is 29.4 Å². The van der Waals surface area contributed by atoms with Gasteiger partial charge in [-0.25, -0.2) is 9.59 Å². The molecule has 0 radical (unpaired) electrons. The fraction of sp³-hybridized carbons (Fsp3) is 0.844. The highest BCUT2D eigenvalue weighted by Crippen LogP contribution is 2.59. The lowest BCUT2D eigenvalue weighted by Crippen LogP contribution is -2.56. The predicted octanol–water partition coefficient (Wildman–Crippen LogP) is 3.57. The van der Waals surface area contributed by atoms with Crippen molar-refractivity contribution >= 4 is 18.1 Å². The number of carbonyl (C=O) groups is 3. The quantitative estimate of drug-likeness (QED) is 0.101. The molecule has 252 valence electrons. The second-order valence-electron chi connectivity index (χ2n) is 13.2. The monoisotopic (exact) mass is 624 g/mol. The Morgan fingerprint density at radius 1 is 1.07 bits per heavy atom. The molecule has 0 aromatic heterocycles. The summed E-state index contributed by atoms with van der Waals surface area (Å²) in [4.78, 5) is 36.5. The molecule has 12 nitrogen and oxygen atoms in total. The number of rotatable bonds is 18. The van der Waals surface area contributed by atoms with E-state index in [0.29, 0.717) is 26.1 Å². The van der Waals surface area contributed by atoms with Crippen LogP contribution in [0.15, 0.2) is 11.6 Å². The van der Waals surface area contributed by atoms with Gasteiger partial charge in [-0.3, -0.25) is 4.79 Å². The third-order valence-electron chi connectivity index (χ3n) is 9.12. The Labute approximate surface area is 262 Å². The molecule has 5 N–H and O–H groups in total. The van der Waals surface area contributed by atoms with Crippen molar-refractivity contribution in [2.24, 2.45) is 17.6 Å². The molecule has 3 unspecified atom stereocenters. The first kappa shape index (κ1) is 36.1. The van der Waals surface area contributed by atoms with Crippen molar-refractivity contribution in [3.05, 3.63) is 11.6 Å². The predicted molar refractivity (Wildman–Crippen MR) is 166 cm³/mol. The maximum atomic E-state index is 13.1. The highest BCUT2D eigenvalue weighted by atomic mass is 16.6. The first-order valence-corrected chi connectivity index (χ1v) is 16.3. The molecule has 1 saturated carbocycles. The average Bonchev–Trinajstić information content (AvgIpc) is 3.89. The van der Waals surface area contributed by atoms with Crippen molar-refractivity contribution < 1.29 is 38.1 Å². The molecule has 1 spiro atoms. The number of carbonyl (C=O) groups excluding carboxylic acids is 3. The van der Waals surface area contributed by atoms with Crippen molar-refractivity contribution in [2.45, 2.75) is 122 Å². The number of epoxide rings is 2. The van der Waals surface area contributed by atoms with Gasteiger partial charge in [-0.15, -0.1) is 0 Å². The molecule has 12 heteroatoms. The van der Waals surface area contributed by atoms with Crippen molar-refractivity contribution in [3.63, 3.8) is 0 Å². The number of methoxy groups -OCH3 is 1. The topological polar surface area (TPSA) is 166 Å². The van der Waals surface area contributed by atoms with E-state index in [9.17, 15) is 14.4 Å². The maximum absolute atomic E-state index is 13.1. The van der Waals surface area contributed by atoms with Gasteiger partial charge in [-0.1, -0.05) is 38.3 Å². The Bertz CT molecular complexity index is 983. The summed E-state index contributed by atoms with van der Waals surface area (Å²) in [7, 11) is 1.66. The molecule has 1 aliphatic carbocycles. The molecule has 2 aliphatic heterocycles. The molecule has 3 amide bonds. The van der Waals surface area contributed by atoms with Crippen LogP contribution in [0, 0.1) is 11.8 Å². The fourth-order valence-corrected chi connectivity index (χ4v) is 6.35. The number of alkyl carbamates (subject to hydrolysis) is 2. The molecule has 7 atom stereocenters. The van der Waals surface area contributed by atoms with E-state index < -0.39 is 29.9 Å². The van der Waals surface area contributed by atoms with Crippen LogP contribution in [-0.2, 0) is 28.5 Å². The Hall–Kier alpha value is -2.41. The molecule has 3 fully saturated rings. The third-order valence-corrected chi connectivity index (χ3v) is 9.12. The molecule has 0 bridgehead atoms. The lowest BCUT2D eigenvalue weighted by atomic mass is 9.68. The molecule has 0 aromatic carbocycles. The molecule has 0 aromatic rings. The fourth-order valence-electron chi connectivity index (χ4n) is 6.35. The highest BCUT2D eigenvalue weighted by Gasteiger charge is 2.72. The van der Waals surface area contributed by atoms with Gasteiger partial charge in [-0.05, 0) is 65.2 Å². The number of hydrogen-bond donors (Lipinski definition) is 4. The Kier molecular flexibility index (Phi) is 13.7. The summed E-state index contributed by atoms with van der Waals surface area (Å²) >= 11 is 0. The number of allylic oxidation sites excluding steroid dienone is 2. The maximum Gasteiger partial charge on any atom is 0.407 e. The second-order valence-corrected chi connectivity index (χ2v) is 13.2. The van der Waals surface area contributed by atoms with E-state index in [1.165, 1.54) is 5.57 Å². The minimum atomic E-state index is -0.559. The van der Waals surface area contributed by atoms with Gasteiger partial charge in [0, 0.05) is 20.2 Å². The summed E-state index contributed by atoms with van der Waals surface area (Å²) < 4.78 is 29.7. The van der Waals surface area contributed by atoms with E-state index in [0.717, 1.165) is 44.9 Å². The number of unbranched alkanes of at least 4 members (excludes halogenated alkanes) is 3.